The Balaban J connectivity index is 1.57. The van der Waals surface area contributed by atoms with Crippen molar-refractivity contribution in [2.75, 3.05) is 0 Å². The zero-order chi connectivity index (χ0) is 16.9. The fourth-order valence-corrected chi connectivity index (χ4v) is 3.32. The van der Waals surface area contributed by atoms with Crippen LogP contribution in [0, 0.1) is 6.92 Å². The normalized spacial score (nSPS) is 12.1. The number of H-pyrrole nitrogens is 1. The molecule has 6 heteroatoms. The Morgan fingerprint density at radius 1 is 1.33 bits per heavy atom. The van der Waals surface area contributed by atoms with Crippen molar-refractivity contribution in [3.8, 4) is 0 Å². The molecule has 3 rings (SSSR count). The van der Waals surface area contributed by atoms with E-state index in [9.17, 15) is 4.79 Å². The predicted octanol–water partition coefficient (Wildman–Crippen LogP) is 3.13. The Morgan fingerprint density at radius 3 is 2.83 bits per heavy atom. The number of aromatic amines is 1. The van der Waals surface area contributed by atoms with Crippen LogP contribution in [-0.2, 0) is 12.8 Å². The van der Waals surface area contributed by atoms with Gasteiger partial charge in [-0.25, -0.2) is 4.98 Å². The molecule has 5 nitrogen and oxygen atoms in total. The number of hydrogen-bond donors (Lipinski definition) is 2. The van der Waals surface area contributed by atoms with Gasteiger partial charge in [-0.1, -0.05) is 30.3 Å². The molecule has 2 heterocycles. The van der Waals surface area contributed by atoms with Crippen LogP contribution < -0.4 is 5.32 Å². The van der Waals surface area contributed by atoms with Crippen molar-refractivity contribution in [1.29, 1.82) is 0 Å². The van der Waals surface area contributed by atoms with Gasteiger partial charge in [0.25, 0.3) is 5.91 Å². The van der Waals surface area contributed by atoms with Crippen molar-refractivity contribution >= 4 is 17.2 Å². The van der Waals surface area contributed by atoms with E-state index >= 15 is 0 Å². The highest BCUT2D eigenvalue weighted by molar-refractivity contribution is 7.09. The summed E-state index contributed by atoms with van der Waals surface area (Å²) in [6, 6.07) is 12.1. The zero-order valence-electron chi connectivity index (χ0n) is 13.7. The van der Waals surface area contributed by atoms with E-state index < -0.39 is 0 Å². The molecule has 0 spiro atoms. The first kappa shape index (κ1) is 16.4. The van der Waals surface area contributed by atoms with E-state index in [2.05, 4.69) is 32.6 Å². The highest BCUT2D eigenvalue weighted by Gasteiger charge is 2.14. The minimum atomic E-state index is -0.134. The van der Waals surface area contributed by atoms with Crippen LogP contribution in [0.4, 0.5) is 0 Å². The van der Waals surface area contributed by atoms with Gasteiger partial charge in [-0.15, -0.1) is 11.3 Å². The number of rotatable bonds is 6. The Kier molecular flexibility index (Phi) is 5.05. The number of carbonyl (C=O) groups is 1. The largest absolute Gasteiger partial charge is 0.348 e. The summed E-state index contributed by atoms with van der Waals surface area (Å²) >= 11 is 1.52. The molecule has 0 radical (unpaired) electrons. The number of nitrogens with one attached hydrogen (secondary N) is 2. The first-order valence-corrected chi connectivity index (χ1v) is 8.78. The summed E-state index contributed by atoms with van der Waals surface area (Å²) in [7, 11) is 0. The predicted molar refractivity (Wildman–Crippen MR) is 95.3 cm³/mol. The highest BCUT2D eigenvalue weighted by atomic mass is 32.1. The van der Waals surface area contributed by atoms with Crippen LogP contribution in [0.2, 0.25) is 0 Å². The van der Waals surface area contributed by atoms with Gasteiger partial charge in [-0.05, 0) is 25.5 Å². The first-order valence-electron chi connectivity index (χ1n) is 7.90. The van der Waals surface area contributed by atoms with Gasteiger partial charge in [0.15, 0.2) is 0 Å². The van der Waals surface area contributed by atoms with Crippen LogP contribution in [0.3, 0.4) is 0 Å². The summed E-state index contributed by atoms with van der Waals surface area (Å²) in [5.74, 6) is -0.134. The minimum absolute atomic E-state index is 0.000488. The van der Waals surface area contributed by atoms with Gasteiger partial charge < -0.3 is 5.32 Å². The van der Waals surface area contributed by atoms with Crippen molar-refractivity contribution in [1.82, 2.24) is 20.5 Å². The van der Waals surface area contributed by atoms with E-state index in [1.807, 2.05) is 43.5 Å². The molecule has 0 saturated heterocycles. The molecule has 1 atom stereocenters. The zero-order valence-corrected chi connectivity index (χ0v) is 14.6. The molecule has 0 aliphatic heterocycles. The standard InChI is InChI=1S/C18H20N4OS/c1-12(8-15-9-13(2)21-22-15)19-18(23)16-11-24-17(20-16)10-14-6-4-3-5-7-14/h3-7,9,11-12H,8,10H2,1-2H3,(H,19,23)(H,21,22). The van der Waals surface area contributed by atoms with Gasteiger partial charge >= 0.3 is 0 Å². The maximum Gasteiger partial charge on any atom is 0.270 e. The number of aromatic nitrogens is 3. The third kappa shape index (κ3) is 4.29. The van der Waals surface area contributed by atoms with Gasteiger partial charge in [-0.2, -0.15) is 5.10 Å². The number of carbonyl (C=O) groups excluding carboxylic acids is 1. The minimum Gasteiger partial charge on any atom is -0.348 e. The number of amides is 1. The molecule has 0 aliphatic rings. The van der Waals surface area contributed by atoms with Gasteiger partial charge in [-0.3, -0.25) is 9.89 Å². The molecule has 1 amide bonds. The molecule has 0 aliphatic carbocycles. The molecule has 2 aromatic heterocycles. The Hall–Kier alpha value is -2.47. The highest BCUT2D eigenvalue weighted by Crippen LogP contribution is 2.15. The van der Waals surface area contributed by atoms with Crippen LogP contribution in [0.1, 0.15) is 39.4 Å². The molecule has 3 aromatic rings. The molecule has 24 heavy (non-hydrogen) atoms. The molecule has 1 aromatic carbocycles. The lowest BCUT2D eigenvalue weighted by atomic mass is 10.1. The van der Waals surface area contributed by atoms with E-state index in [-0.39, 0.29) is 11.9 Å². The Labute approximate surface area is 145 Å². The summed E-state index contributed by atoms with van der Waals surface area (Å²) in [5, 5.41) is 12.9. The van der Waals surface area contributed by atoms with Crippen LogP contribution in [0.15, 0.2) is 41.8 Å². The third-order valence-corrected chi connectivity index (χ3v) is 4.48. The van der Waals surface area contributed by atoms with Gasteiger partial charge in [0, 0.05) is 30.0 Å². The lowest BCUT2D eigenvalue weighted by Crippen LogP contribution is -2.34. The van der Waals surface area contributed by atoms with E-state index in [0.29, 0.717) is 12.1 Å². The number of benzene rings is 1. The second-order valence-electron chi connectivity index (χ2n) is 5.91. The van der Waals surface area contributed by atoms with Crippen molar-refractivity contribution in [2.24, 2.45) is 0 Å². The molecule has 0 fully saturated rings. The Morgan fingerprint density at radius 2 is 2.12 bits per heavy atom. The van der Waals surface area contributed by atoms with Crippen molar-refractivity contribution in [3.05, 3.63) is 69.4 Å². The molecule has 0 bridgehead atoms. The molecular formula is C18H20N4OS. The topological polar surface area (TPSA) is 70.7 Å². The van der Waals surface area contributed by atoms with E-state index in [0.717, 1.165) is 22.8 Å². The summed E-state index contributed by atoms with van der Waals surface area (Å²) in [6.07, 6.45) is 1.44. The molecule has 0 saturated carbocycles. The van der Waals surface area contributed by atoms with E-state index in [4.69, 9.17) is 0 Å². The maximum absolute atomic E-state index is 12.3. The number of nitrogens with zero attached hydrogens (tertiary/aromatic N) is 2. The fourth-order valence-electron chi connectivity index (χ4n) is 2.51. The van der Waals surface area contributed by atoms with Crippen LogP contribution in [0.5, 0.6) is 0 Å². The first-order chi connectivity index (χ1) is 11.6. The monoisotopic (exact) mass is 340 g/mol. The van der Waals surface area contributed by atoms with Crippen LogP contribution >= 0.6 is 11.3 Å². The average Bonchev–Trinajstić information content (AvgIpc) is 3.17. The molecular weight excluding hydrogens is 320 g/mol. The SMILES string of the molecule is Cc1cc(CC(C)NC(=O)c2csc(Cc3ccccc3)n2)n[nH]1. The summed E-state index contributed by atoms with van der Waals surface area (Å²) in [6.45, 7) is 3.93. The van der Waals surface area contributed by atoms with E-state index in [1.165, 1.54) is 16.9 Å². The van der Waals surface area contributed by atoms with Crippen LogP contribution in [0.25, 0.3) is 0 Å². The second kappa shape index (κ2) is 7.40. The van der Waals surface area contributed by atoms with E-state index in [1.54, 1.807) is 0 Å². The fraction of sp³-hybridized carbons (Fsp3) is 0.278. The van der Waals surface area contributed by atoms with Crippen molar-refractivity contribution in [2.45, 2.75) is 32.7 Å². The molecule has 124 valence electrons. The lowest BCUT2D eigenvalue weighted by Gasteiger charge is -2.11. The summed E-state index contributed by atoms with van der Waals surface area (Å²) < 4.78 is 0. The average molecular weight is 340 g/mol. The summed E-state index contributed by atoms with van der Waals surface area (Å²) in [4.78, 5) is 16.8. The number of thiazole rings is 1. The van der Waals surface area contributed by atoms with Gasteiger partial charge in [0.2, 0.25) is 0 Å². The smallest absolute Gasteiger partial charge is 0.270 e. The van der Waals surface area contributed by atoms with Gasteiger partial charge in [0.05, 0.1) is 10.7 Å². The quantitative estimate of drug-likeness (QED) is 0.724. The number of hydrogen-bond acceptors (Lipinski definition) is 4. The van der Waals surface area contributed by atoms with Crippen LogP contribution in [-0.4, -0.2) is 27.1 Å². The van der Waals surface area contributed by atoms with Crippen molar-refractivity contribution < 1.29 is 4.79 Å². The molecule has 2 N–H and O–H groups in total. The lowest BCUT2D eigenvalue weighted by molar-refractivity contribution is 0.0935. The Bertz CT molecular complexity index is 809. The third-order valence-electron chi connectivity index (χ3n) is 3.63. The number of aryl methyl sites for hydroxylation is 1. The van der Waals surface area contributed by atoms with Crippen molar-refractivity contribution in [3.63, 3.8) is 0 Å². The second-order valence-corrected chi connectivity index (χ2v) is 6.85. The maximum atomic E-state index is 12.3. The molecule has 1 unspecified atom stereocenters. The summed E-state index contributed by atoms with van der Waals surface area (Å²) in [5.41, 5.74) is 3.65. The van der Waals surface area contributed by atoms with Gasteiger partial charge in [0.1, 0.15) is 5.69 Å².